The predicted octanol–water partition coefficient (Wildman–Crippen LogP) is 5.17. The Balaban J connectivity index is 1.62. The Morgan fingerprint density at radius 3 is 2.65 bits per heavy atom. The van der Waals surface area contributed by atoms with Crippen molar-refractivity contribution in [1.82, 2.24) is 4.98 Å². The van der Waals surface area contributed by atoms with Gasteiger partial charge in [-0.1, -0.05) is 19.9 Å². The number of thiazole rings is 1. The number of ether oxygens (including phenoxy) is 1. The van der Waals surface area contributed by atoms with Crippen LogP contribution in [0.15, 0.2) is 60.1 Å². The fourth-order valence-electron chi connectivity index (χ4n) is 2.25. The van der Waals surface area contributed by atoms with E-state index in [0.29, 0.717) is 18.1 Å². The first-order chi connectivity index (χ1) is 12.6. The van der Waals surface area contributed by atoms with E-state index in [1.165, 1.54) is 11.3 Å². The van der Waals surface area contributed by atoms with Gasteiger partial charge in [-0.2, -0.15) is 0 Å². The third kappa shape index (κ3) is 5.07. The number of benzene rings is 2. The molecule has 3 aromatic rings. The minimum Gasteiger partial charge on any atom is -0.493 e. The first-order valence-electron chi connectivity index (χ1n) is 8.41. The van der Waals surface area contributed by atoms with E-state index in [-0.39, 0.29) is 5.91 Å². The fourth-order valence-corrected chi connectivity index (χ4v) is 2.80. The summed E-state index contributed by atoms with van der Waals surface area (Å²) in [6.07, 6.45) is 1.73. The summed E-state index contributed by atoms with van der Waals surface area (Å²) >= 11 is 1.51. The zero-order valence-corrected chi connectivity index (χ0v) is 15.5. The smallest absolute Gasteiger partial charge is 0.255 e. The van der Waals surface area contributed by atoms with Crippen LogP contribution in [0.2, 0.25) is 0 Å². The third-order valence-corrected chi connectivity index (χ3v) is 4.19. The lowest BCUT2D eigenvalue weighted by molar-refractivity contribution is 0.102. The molecule has 0 atom stereocenters. The van der Waals surface area contributed by atoms with Crippen LogP contribution in [0.4, 0.5) is 16.5 Å². The van der Waals surface area contributed by atoms with E-state index < -0.39 is 0 Å². The Labute approximate surface area is 157 Å². The molecule has 1 heterocycles. The van der Waals surface area contributed by atoms with Crippen LogP contribution in [0, 0.1) is 5.92 Å². The molecule has 134 valence electrons. The Kier molecular flexibility index (Phi) is 5.86. The van der Waals surface area contributed by atoms with Gasteiger partial charge in [-0.15, -0.1) is 11.3 Å². The van der Waals surface area contributed by atoms with Crippen LogP contribution in [-0.2, 0) is 0 Å². The largest absolute Gasteiger partial charge is 0.493 e. The minimum absolute atomic E-state index is 0.163. The lowest BCUT2D eigenvalue weighted by atomic mass is 10.2. The number of hydrogen-bond donors (Lipinski definition) is 2. The molecule has 0 unspecified atom stereocenters. The Hall–Kier alpha value is -2.86. The molecule has 5 nitrogen and oxygen atoms in total. The molecule has 1 aromatic heterocycles. The number of carbonyl (C=O) groups is 1. The van der Waals surface area contributed by atoms with Crippen molar-refractivity contribution in [3.05, 3.63) is 65.7 Å². The molecule has 0 fully saturated rings. The van der Waals surface area contributed by atoms with E-state index in [9.17, 15) is 4.79 Å². The maximum absolute atomic E-state index is 12.5. The number of nitrogens with one attached hydrogen (secondary N) is 2. The minimum atomic E-state index is -0.163. The van der Waals surface area contributed by atoms with Crippen LogP contribution >= 0.6 is 11.3 Å². The molecule has 0 aliphatic rings. The average molecular weight is 367 g/mol. The Bertz CT molecular complexity index is 846. The molecule has 0 aliphatic heterocycles. The number of rotatable bonds is 7. The second-order valence-corrected chi connectivity index (χ2v) is 7.12. The summed E-state index contributed by atoms with van der Waals surface area (Å²) in [5.41, 5.74) is 2.13. The average Bonchev–Trinajstić information content (AvgIpc) is 3.14. The van der Waals surface area contributed by atoms with E-state index in [2.05, 4.69) is 29.5 Å². The van der Waals surface area contributed by atoms with Crippen molar-refractivity contribution in [2.75, 3.05) is 17.2 Å². The lowest BCUT2D eigenvalue weighted by Gasteiger charge is -2.10. The van der Waals surface area contributed by atoms with Crippen LogP contribution in [0.25, 0.3) is 0 Å². The van der Waals surface area contributed by atoms with Crippen molar-refractivity contribution in [2.24, 2.45) is 5.92 Å². The Morgan fingerprint density at radius 2 is 1.96 bits per heavy atom. The SMILES string of the molecule is CC(C)COc1ccc(NC(=O)c2cccc(Nc3nccs3)c2)cc1. The molecule has 2 N–H and O–H groups in total. The van der Waals surface area contributed by atoms with Gasteiger partial charge in [-0.3, -0.25) is 4.79 Å². The summed E-state index contributed by atoms with van der Waals surface area (Å²) in [6, 6.07) is 14.7. The summed E-state index contributed by atoms with van der Waals surface area (Å²) in [5.74, 6) is 1.11. The van der Waals surface area contributed by atoms with E-state index in [4.69, 9.17) is 4.74 Å². The van der Waals surface area contributed by atoms with Crippen molar-refractivity contribution in [3.8, 4) is 5.75 Å². The standard InChI is InChI=1S/C20H21N3O2S/c1-14(2)13-25-18-8-6-16(7-9-18)22-19(24)15-4-3-5-17(12-15)23-20-21-10-11-26-20/h3-12,14H,13H2,1-2H3,(H,21,23)(H,22,24). The van der Waals surface area contributed by atoms with Gasteiger partial charge in [0, 0.05) is 28.5 Å². The second-order valence-electron chi connectivity index (χ2n) is 6.23. The Morgan fingerprint density at radius 1 is 1.15 bits per heavy atom. The molecular formula is C20H21N3O2S. The quantitative estimate of drug-likeness (QED) is 0.604. The maximum atomic E-state index is 12.5. The van der Waals surface area contributed by atoms with Gasteiger partial charge in [0.2, 0.25) is 0 Å². The van der Waals surface area contributed by atoms with Crippen LogP contribution in [-0.4, -0.2) is 17.5 Å². The highest BCUT2D eigenvalue weighted by Crippen LogP contribution is 2.21. The molecule has 1 amide bonds. The van der Waals surface area contributed by atoms with Gasteiger partial charge in [0.25, 0.3) is 5.91 Å². The predicted molar refractivity (Wildman–Crippen MR) is 107 cm³/mol. The summed E-state index contributed by atoms with van der Waals surface area (Å²) in [6.45, 7) is 4.88. The summed E-state index contributed by atoms with van der Waals surface area (Å²) in [7, 11) is 0. The topological polar surface area (TPSA) is 63.2 Å². The monoisotopic (exact) mass is 367 g/mol. The van der Waals surface area contributed by atoms with Gasteiger partial charge in [-0.05, 0) is 48.4 Å². The lowest BCUT2D eigenvalue weighted by Crippen LogP contribution is -2.12. The van der Waals surface area contributed by atoms with Crippen molar-refractivity contribution >= 4 is 33.8 Å². The number of amides is 1. The second kappa shape index (κ2) is 8.49. The van der Waals surface area contributed by atoms with Gasteiger partial charge in [0.1, 0.15) is 5.75 Å². The number of anilines is 3. The summed E-state index contributed by atoms with van der Waals surface area (Å²) in [5, 5.41) is 8.77. The van der Waals surface area contributed by atoms with E-state index in [0.717, 1.165) is 22.3 Å². The zero-order valence-electron chi connectivity index (χ0n) is 14.7. The van der Waals surface area contributed by atoms with Gasteiger partial charge >= 0.3 is 0 Å². The number of nitrogens with zero attached hydrogens (tertiary/aromatic N) is 1. The third-order valence-electron chi connectivity index (χ3n) is 3.50. The van der Waals surface area contributed by atoms with Crippen molar-refractivity contribution in [2.45, 2.75) is 13.8 Å². The highest BCUT2D eigenvalue weighted by atomic mass is 32.1. The van der Waals surface area contributed by atoms with Crippen molar-refractivity contribution < 1.29 is 9.53 Å². The normalized spacial score (nSPS) is 10.6. The van der Waals surface area contributed by atoms with Gasteiger partial charge in [0.15, 0.2) is 5.13 Å². The number of hydrogen-bond acceptors (Lipinski definition) is 5. The molecule has 0 bridgehead atoms. The van der Waals surface area contributed by atoms with Gasteiger partial charge < -0.3 is 15.4 Å². The molecule has 3 rings (SSSR count). The van der Waals surface area contributed by atoms with Crippen LogP contribution < -0.4 is 15.4 Å². The van der Waals surface area contributed by atoms with E-state index in [1.54, 1.807) is 18.3 Å². The number of carbonyl (C=O) groups excluding carboxylic acids is 1. The molecule has 26 heavy (non-hydrogen) atoms. The number of aromatic nitrogens is 1. The molecule has 0 saturated carbocycles. The fraction of sp³-hybridized carbons (Fsp3) is 0.200. The van der Waals surface area contributed by atoms with Crippen LogP contribution in [0.3, 0.4) is 0 Å². The van der Waals surface area contributed by atoms with Crippen molar-refractivity contribution in [3.63, 3.8) is 0 Å². The van der Waals surface area contributed by atoms with Gasteiger partial charge in [0.05, 0.1) is 6.61 Å². The zero-order chi connectivity index (χ0) is 18.4. The van der Waals surface area contributed by atoms with Gasteiger partial charge in [-0.25, -0.2) is 4.98 Å². The molecule has 0 spiro atoms. The molecule has 0 radical (unpaired) electrons. The maximum Gasteiger partial charge on any atom is 0.255 e. The first kappa shape index (κ1) is 17.9. The molecule has 0 aliphatic carbocycles. The molecule has 2 aromatic carbocycles. The first-order valence-corrected chi connectivity index (χ1v) is 9.29. The molecule has 6 heteroatoms. The van der Waals surface area contributed by atoms with Crippen LogP contribution in [0.1, 0.15) is 24.2 Å². The summed E-state index contributed by atoms with van der Waals surface area (Å²) < 4.78 is 5.65. The highest BCUT2D eigenvalue weighted by Gasteiger charge is 2.08. The van der Waals surface area contributed by atoms with Crippen LogP contribution in [0.5, 0.6) is 5.75 Å². The molecular weight excluding hydrogens is 346 g/mol. The molecule has 0 saturated heterocycles. The van der Waals surface area contributed by atoms with Crippen molar-refractivity contribution in [1.29, 1.82) is 0 Å². The highest BCUT2D eigenvalue weighted by molar-refractivity contribution is 7.13. The van der Waals surface area contributed by atoms with E-state index in [1.807, 2.05) is 41.8 Å². The van der Waals surface area contributed by atoms with E-state index >= 15 is 0 Å². The summed E-state index contributed by atoms with van der Waals surface area (Å²) in [4.78, 5) is 16.7.